The van der Waals surface area contributed by atoms with Gasteiger partial charge in [-0.2, -0.15) is 0 Å². The highest BCUT2D eigenvalue weighted by Crippen LogP contribution is 2.35. The molecule has 1 amide bonds. The molecule has 1 saturated heterocycles. The third-order valence-corrected chi connectivity index (χ3v) is 8.44. The summed E-state index contributed by atoms with van der Waals surface area (Å²) in [6.45, 7) is 12.3. The number of benzene rings is 2. The number of ether oxygens (including phenoxy) is 5. The van der Waals surface area contributed by atoms with Gasteiger partial charge in [-0.05, 0) is 55.0 Å². The van der Waals surface area contributed by atoms with E-state index in [2.05, 4.69) is 71.8 Å². The van der Waals surface area contributed by atoms with E-state index in [9.17, 15) is 4.79 Å². The minimum atomic E-state index is 0.00760. The number of nitrogens with zero attached hydrogens (tertiary/aromatic N) is 1. The lowest BCUT2D eigenvalue weighted by molar-refractivity contribution is -0.119. The van der Waals surface area contributed by atoms with Gasteiger partial charge in [-0.15, -0.1) is 0 Å². The van der Waals surface area contributed by atoms with Crippen LogP contribution < -0.4 is 20.3 Å². The average molecular weight is 612 g/mol. The largest absolute Gasteiger partial charge is 0.490 e. The molecule has 0 aromatic heterocycles. The van der Waals surface area contributed by atoms with Crippen LogP contribution in [0.3, 0.4) is 0 Å². The molecule has 0 radical (unpaired) electrons. The number of fused-ring (bicyclic) bond motifs is 1. The van der Waals surface area contributed by atoms with E-state index >= 15 is 0 Å². The smallest absolute Gasteiger partial charge is 0.217 e. The van der Waals surface area contributed by atoms with E-state index in [1.807, 2.05) is 0 Å². The summed E-state index contributed by atoms with van der Waals surface area (Å²) in [4.78, 5) is 14.0. The molecule has 2 aliphatic rings. The Kier molecular flexibility index (Phi) is 13.8. The van der Waals surface area contributed by atoms with Crippen molar-refractivity contribution in [1.29, 1.82) is 0 Å². The van der Waals surface area contributed by atoms with Crippen molar-refractivity contribution in [3.63, 3.8) is 0 Å². The number of hydrogen-bond acceptors (Lipinski definition) is 8. The van der Waals surface area contributed by atoms with Crippen molar-refractivity contribution in [1.82, 2.24) is 10.6 Å². The highest BCUT2D eigenvalue weighted by molar-refractivity contribution is 5.73. The van der Waals surface area contributed by atoms with Gasteiger partial charge in [0.2, 0.25) is 5.91 Å². The van der Waals surface area contributed by atoms with Crippen molar-refractivity contribution in [2.45, 2.75) is 77.4 Å². The van der Waals surface area contributed by atoms with Gasteiger partial charge < -0.3 is 39.2 Å². The number of carbonyl (C=O) groups excluding carboxylic acids is 1. The second-order valence-electron chi connectivity index (χ2n) is 12.4. The molecule has 2 aromatic rings. The van der Waals surface area contributed by atoms with Crippen LogP contribution in [0.15, 0.2) is 42.5 Å². The molecule has 0 spiro atoms. The molecule has 9 nitrogen and oxygen atoms in total. The van der Waals surface area contributed by atoms with Gasteiger partial charge in [0.25, 0.3) is 0 Å². The molecule has 4 rings (SSSR count). The molecule has 9 heteroatoms. The molecule has 0 bridgehead atoms. The van der Waals surface area contributed by atoms with Gasteiger partial charge in [0.1, 0.15) is 12.4 Å². The maximum Gasteiger partial charge on any atom is 0.217 e. The lowest BCUT2D eigenvalue weighted by atomic mass is 9.82. The zero-order chi connectivity index (χ0) is 31.3. The summed E-state index contributed by atoms with van der Waals surface area (Å²) in [5, 5.41) is 6.75. The van der Waals surface area contributed by atoms with Crippen LogP contribution >= 0.6 is 0 Å². The third-order valence-electron chi connectivity index (χ3n) is 8.44. The van der Waals surface area contributed by atoms with Crippen LogP contribution in [-0.2, 0) is 37.0 Å². The highest BCUT2D eigenvalue weighted by Gasteiger charge is 2.33. The van der Waals surface area contributed by atoms with Gasteiger partial charge >= 0.3 is 0 Å². The summed E-state index contributed by atoms with van der Waals surface area (Å²) in [5.41, 5.74) is 4.70. The summed E-state index contributed by atoms with van der Waals surface area (Å²) in [6.07, 6.45) is 2.80. The highest BCUT2D eigenvalue weighted by atomic mass is 16.5. The normalized spacial score (nSPS) is 21.3. The molecule has 5 atom stereocenters. The fourth-order valence-electron chi connectivity index (χ4n) is 6.32. The number of nitrogens with one attached hydrogen (secondary N) is 2. The second-order valence-corrected chi connectivity index (χ2v) is 12.4. The van der Waals surface area contributed by atoms with Gasteiger partial charge in [0, 0.05) is 64.8 Å². The number of rotatable bonds is 17. The minimum Gasteiger partial charge on any atom is -0.490 e. The predicted octanol–water partition coefficient (Wildman–Crippen LogP) is 4.67. The van der Waals surface area contributed by atoms with E-state index in [4.69, 9.17) is 23.7 Å². The van der Waals surface area contributed by atoms with Crippen molar-refractivity contribution in [2.75, 3.05) is 65.2 Å². The zero-order valence-corrected chi connectivity index (χ0v) is 27.3. The summed E-state index contributed by atoms with van der Waals surface area (Å²) in [5.74, 6) is 1.54. The van der Waals surface area contributed by atoms with E-state index in [0.29, 0.717) is 39.0 Å². The van der Waals surface area contributed by atoms with Crippen molar-refractivity contribution < 1.29 is 28.5 Å². The first-order valence-electron chi connectivity index (χ1n) is 16.1. The standard InChI is InChI=1S/C35H53N3O6/c1-25(21-41-5)22-42-23-28-7-10-30(11-8-28)32-19-31(17-26(2)37-27(3)39)36-20-35(32)44-24-29-9-12-34-33(18-29)38(14-16-43-34)13-6-15-40-4/h7-12,18,25-26,31-32,35-36H,6,13-17,19-24H2,1-5H3,(H,37,39)/t25-,26-,31+,32+,35-/m0/s1. The van der Waals surface area contributed by atoms with Crippen molar-refractivity contribution >= 4 is 11.6 Å². The number of piperidine rings is 1. The van der Waals surface area contributed by atoms with Crippen molar-refractivity contribution in [3.8, 4) is 5.75 Å². The zero-order valence-electron chi connectivity index (χ0n) is 27.3. The summed E-state index contributed by atoms with van der Waals surface area (Å²) in [7, 11) is 3.47. The lowest BCUT2D eigenvalue weighted by Gasteiger charge is -2.38. The van der Waals surface area contributed by atoms with Gasteiger partial charge in [-0.3, -0.25) is 4.79 Å². The fraction of sp³-hybridized carbons (Fsp3) is 0.629. The molecular formula is C35H53N3O6. The lowest BCUT2D eigenvalue weighted by Crippen LogP contribution is -2.49. The molecule has 2 heterocycles. The molecule has 2 N–H and O–H groups in total. The van der Waals surface area contributed by atoms with Gasteiger partial charge in [-0.1, -0.05) is 37.3 Å². The second kappa shape index (κ2) is 17.7. The number of anilines is 1. The average Bonchev–Trinajstić information content (AvgIpc) is 3.00. The Bertz CT molecular complexity index is 1150. The molecular weight excluding hydrogens is 558 g/mol. The van der Waals surface area contributed by atoms with Crippen molar-refractivity contribution in [2.24, 2.45) is 5.92 Å². The molecule has 2 aromatic carbocycles. The molecule has 0 unspecified atom stereocenters. The number of methoxy groups -OCH3 is 2. The van der Waals surface area contributed by atoms with E-state index in [1.165, 1.54) is 5.56 Å². The van der Waals surface area contributed by atoms with Crippen LogP contribution in [0.1, 0.15) is 62.6 Å². The fourth-order valence-corrected chi connectivity index (χ4v) is 6.32. The number of hydrogen-bond donors (Lipinski definition) is 2. The van der Waals surface area contributed by atoms with Crippen LogP contribution in [0.4, 0.5) is 5.69 Å². The number of carbonyl (C=O) groups is 1. The van der Waals surface area contributed by atoms with E-state index in [0.717, 1.165) is 68.1 Å². The number of amides is 1. The molecule has 2 aliphatic heterocycles. The minimum absolute atomic E-state index is 0.00760. The molecule has 44 heavy (non-hydrogen) atoms. The first-order chi connectivity index (χ1) is 21.4. The summed E-state index contributed by atoms with van der Waals surface area (Å²) < 4.78 is 29.0. The maximum atomic E-state index is 11.6. The third kappa shape index (κ3) is 10.4. The molecule has 244 valence electrons. The van der Waals surface area contributed by atoms with Crippen LogP contribution in [-0.4, -0.2) is 84.4 Å². The Labute approximate surface area is 263 Å². The first-order valence-corrected chi connectivity index (χ1v) is 16.1. The van der Waals surface area contributed by atoms with Crippen LogP contribution in [0.5, 0.6) is 5.75 Å². The Hall–Kier alpha value is -2.69. The molecule has 0 saturated carbocycles. The van der Waals surface area contributed by atoms with Gasteiger partial charge in [0.05, 0.1) is 44.8 Å². The first kappa shape index (κ1) is 34.2. The van der Waals surface area contributed by atoms with E-state index < -0.39 is 0 Å². The van der Waals surface area contributed by atoms with Gasteiger partial charge in [0.15, 0.2) is 0 Å². The topological polar surface area (TPSA) is 90.5 Å². The Balaban J connectivity index is 1.42. The predicted molar refractivity (Wildman–Crippen MR) is 173 cm³/mol. The van der Waals surface area contributed by atoms with Crippen LogP contribution in [0.25, 0.3) is 0 Å². The van der Waals surface area contributed by atoms with E-state index in [1.54, 1.807) is 21.1 Å². The molecule has 0 aliphatic carbocycles. The Morgan fingerprint density at radius 3 is 2.61 bits per heavy atom. The quantitative estimate of drug-likeness (QED) is 0.250. The van der Waals surface area contributed by atoms with Crippen LogP contribution in [0.2, 0.25) is 0 Å². The maximum absolute atomic E-state index is 11.6. The van der Waals surface area contributed by atoms with Crippen molar-refractivity contribution in [3.05, 3.63) is 59.2 Å². The SMILES string of the molecule is COCCCN1CCOc2ccc(CO[C@H]3CN[C@H](C[C@H](C)NC(C)=O)C[C@@H]3c3ccc(COC[C@@H](C)COC)cc3)cc21. The van der Waals surface area contributed by atoms with Crippen LogP contribution in [0, 0.1) is 5.92 Å². The monoisotopic (exact) mass is 611 g/mol. The Morgan fingerprint density at radius 1 is 1.07 bits per heavy atom. The summed E-state index contributed by atoms with van der Waals surface area (Å²) >= 11 is 0. The summed E-state index contributed by atoms with van der Waals surface area (Å²) in [6, 6.07) is 15.6. The van der Waals surface area contributed by atoms with Gasteiger partial charge in [-0.25, -0.2) is 0 Å². The molecule has 1 fully saturated rings. The van der Waals surface area contributed by atoms with E-state index in [-0.39, 0.29) is 30.0 Å². The Morgan fingerprint density at radius 2 is 1.86 bits per heavy atom.